The van der Waals surface area contributed by atoms with Crippen molar-refractivity contribution in [1.29, 1.82) is 0 Å². The molecule has 0 aromatic heterocycles. The van der Waals surface area contributed by atoms with Crippen LogP contribution in [0.1, 0.15) is 20.3 Å². The Labute approximate surface area is 101 Å². The van der Waals surface area contributed by atoms with Crippen molar-refractivity contribution < 1.29 is 28.2 Å². The number of carboxylic acids is 1. The van der Waals surface area contributed by atoms with Crippen LogP contribution in [0.4, 0.5) is 0 Å². The smallest absolute Gasteiger partial charge is 0.321 e. The van der Waals surface area contributed by atoms with Crippen LogP contribution in [0.5, 0.6) is 0 Å². The van der Waals surface area contributed by atoms with Crippen LogP contribution in [-0.2, 0) is 19.6 Å². The fourth-order valence-corrected chi connectivity index (χ4v) is 2.12. The van der Waals surface area contributed by atoms with Crippen molar-refractivity contribution in [3.63, 3.8) is 0 Å². The second kappa shape index (κ2) is 7.59. The van der Waals surface area contributed by atoms with Gasteiger partial charge in [0.05, 0.1) is 18.5 Å². The second-order valence-electron chi connectivity index (χ2n) is 3.76. The molecule has 0 radical (unpaired) electrons. The number of ether oxygens (including phenoxy) is 1. The molecule has 0 aliphatic heterocycles. The number of carbonyl (C=O) groups is 1. The van der Waals surface area contributed by atoms with E-state index in [-0.39, 0.29) is 24.9 Å². The van der Waals surface area contributed by atoms with Gasteiger partial charge < -0.3 is 14.9 Å². The zero-order valence-corrected chi connectivity index (χ0v) is 10.7. The van der Waals surface area contributed by atoms with Crippen LogP contribution in [0.15, 0.2) is 0 Å². The number of sulfonamides is 1. The van der Waals surface area contributed by atoms with E-state index in [9.17, 15) is 13.2 Å². The third-order valence-corrected chi connectivity index (χ3v) is 3.19. The first-order chi connectivity index (χ1) is 7.78. The highest BCUT2D eigenvalue weighted by atomic mass is 32.2. The summed E-state index contributed by atoms with van der Waals surface area (Å²) in [7, 11) is -3.71. The predicted molar refractivity (Wildman–Crippen MR) is 61.1 cm³/mol. The summed E-state index contributed by atoms with van der Waals surface area (Å²) in [4.78, 5) is 10.7. The van der Waals surface area contributed by atoms with Gasteiger partial charge in [0.1, 0.15) is 6.04 Å². The van der Waals surface area contributed by atoms with E-state index >= 15 is 0 Å². The summed E-state index contributed by atoms with van der Waals surface area (Å²) in [5, 5.41) is 17.3. The number of rotatable bonds is 9. The molecular weight excluding hydrogens is 250 g/mol. The Morgan fingerprint density at radius 2 is 2.00 bits per heavy atom. The lowest BCUT2D eigenvalue weighted by atomic mass is 10.2. The Morgan fingerprint density at radius 3 is 2.41 bits per heavy atom. The number of nitrogens with one attached hydrogen (secondary N) is 1. The van der Waals surface area contributed by atoms with Crippen molar-refractivity contribution in [2.45, 2.75) is 32.4 Å². The molecule has 0 heterocycles. The molecule has 0 saturated heterocycles. The summed E-state index contributed by atoms with van der Waals surface area (Å²) in [5.41, 5.74) is 0. The number of hydrogen-bond donors (Lipinski definition) is 3. The monoisotopic (exact) mass is 269 g/mol. The minimum Gasteiger partial charge on any atom is -0.480 e. The van der Waals surface area contributed by atoms with Crippen molar-refractivity contribution >= 4 is 16.0 Å². The Balaban J connectivity index is 4.26. The zero-order chi connectivity index (χ0) is 13.5. The van der Waals surface area contributed by atoms with Gasteiger partial charge in [-0.25, -0.2) is 13.1 Å². The Morgan fingerprint density at radius 1 is 1.41 bits per heavy atom. The van der Waals surface area contributed by atoms with Gasteiger partial charge in [-0.1, -0.05) is 0 Å². The van der Waals surface area contributed by atoms with Crippen LogP contribution in [0.25, 0.3) is 0 Å². The molecule has 0 aromatic rings. The highest BCUT2D eigenvalue weighted by Crippen LogP contribution is 1.97. The summed E-state index contributed by atoms with van der Waals surface area (Å²) in [6.45, 7) is 3.14. The average Bonchev–Trinajstić information content (AvgIpc) is 2.15. The quantitative estimate of drug-likeness (QED) is 0.503. The van der Waals surface area contributed by atoms with E-state index in [1.807, 2.05) is 4.72 Å². The Kier molecular flexibility index (Phi) is 7.28. The van der Waals surface area contributed by atoms with Crippen molar-refractivity contribution in [3.8, 4) is 0 Å². The number of hydrogen-bond acceptors (Lipinski definition) is 5. The van der Waals surface area contributed by atoms with Crippen molar-refractivity contribution in [2.24, 2.45) is 0 Å². The van der Waals surface area contributed by atoms with Gasteiger partial charge in [0.15, 0.2) is 0 Å². The standard InChI is InChI=1S/C9H19NO6S/c1-7(2)16-5-6-17(14,15)10-8(3-4-11)9(12)13/h7-8,10-11H,3-6H2,1-2H3,(H,12,13)/t8-/m1/s1. The van der Waals surface area contributed by atoms with E-state index in [4.69, 9.17) is 14.9 Å². The average molecular weight is 269 g/mol. The van der Waals surface area contributed by atoms with Crippen molar-refractivity contribution in [2.75, 3.05) is 19.0 Å². The van der Waals surface area contributed by atoms with Crippen LogP contribution >= 0.6 is 0 Å². The fraction of sp³-hybridized carbons (Fsp3) is 0.889. The zero-order valence-electron chi connectivity index (χ0n) is 9.92. The Hall–Kier alpha value is -0.700. The number of aliphatic hydroxyl groups excluding tert-OH is 1. The number of aliphatic hydroxyl groups is 1. The molecule has 0 aliphatic carbocycles. The van der Waals surface area contributed by atoms with Crippen LogP contribution in [-0.4, -0.2) is 55.7 Å². The summed E-state index contributed by atoms with van der Waals surface area (Å²) in [6, 6.07) is -1.30. The lowest BCUT2D eigenvalue weighted by Gasteiger charge is -2.14. The van der Waals surface area contributed by atoms with E-state index in [1.165, 1.54) is 0 Å². The molecule has 0 aromatic carbocycles. The molecule has 0 amide bonds. The Bertz CT molecular complexity index is 326. The first-order valence-corrected chi connectivity index (χ1v) is 6.89. The minimum absolute atomic E-state index is 0.00152. The van der Waals surface area contributed by atoms with Crippen LogP contribution in [0.3, 0.4) is 0 Å². The van der Waals surface area contributed by atoms with Gasteiger partial charge in [-0.3, -0.25) is 4.79 Å². The summed E-state index contributed by atoms with van der Waals surface area (Å²) < 4.78 is 30.0. The van der Waals surface area contributed by atoms with E-state index in [1.54, 1.807) is 13.8 Å². The second-order valence-corrected chi connectivity index (χ2v) is 5.63. The molecule has 0 bridgehead atoms. The first-order valence-electron chi connectivity index (χ1n) is 5.23. The fourth-order valence-electron chi connectivity index (χ4n) is 1.03. The van der Waals surface area contributed by atoms with Crippen molar-refractivity contribution in [1.82, 2.24) is 4.72 Å². The lowest BCUT2D eigenvalue weighted by molar-refractivity contribution is -0.139. The first kappa shape index (κ1) is 16.3. The van der Waals surface area contributed by atoms with Gasteiger partial charge in [0.25, 0.3) is 0 Å². The van der Waals surface area contributed by atoms with Gasteiger partial charge in [-0.05, 0) is 20.3 Å². The van der Waals surface area contributed by atoms with Crippen LogP contribution < -0.4 is 4.72 Å². The maximum absolute atomic E-state index is 11.5. The molecule has 7 nitrogen and oxygen atoms in total. The SMILES string of the molecule is CC(C)OCCS(=O)(=O)N[C@H](CCO)C(=O)O. The maximum atomic E-state index is 11.5. The maximum Gasteiger partial charge on any atom is 0.321 e. The van der Waals surface area contributed by atoms with E-state index in [0.717, 1.165) is 0 Å². The van der Waals surface area contributed by atoms with Gasteiger partial charge in [-0.2, -0.15) is 0 Å². The summed E-state index contributed by atoms with van der Waals surface area (Å²) in [6.07, 6.45) is -0.252. The minimum atomic E-state index is -3.71. The molecule has 1 atom stereocenters. The lowest BCUT2D eigenvalue weighted by Crippen LogP contribution is -2.43. The predicted octanol–water partition coefficient (Wildman–Crippen LogP) is -0.834. The summed E-state index contributed by atoms with van der Waals surface area (Å²) in [5.74, 6) is -1.62. The van der Waals surface area contributed by atoms with Crippen LogP contribution in [0.2, 0.25) is 0 Å². The number of aliphatic carboxylic acids is 1. The van der Waals surface area contributed by atoms with Crippen LogP contribution in [0, 0.1) is 0 Å². The molecular formula is C9H19NO6S. The van der Waals surface area contributed by atoms with Crippen molar-refractivity contribution in [3.05, 3.63) is 0 Å². The molecule has 0 saturated carbocycles. The van der Waals surface area contributed by atoms with E-state index in [0.29, 0.717) is 0 Å². The summed E-state index contributed by atoms with van der Waals surface area (Å²) >= 11 is 0. The topological polar surface area (TPSA) is 113 Å². The molecule has 0 fully saturated rings. The van der Waals surface area contributed by atoms with Gasteiger partial charge in [0, 0.05) is 6.61 Å². The molecule has 0 unspecified atom stereocenters. The van der Waals surface area contributed by atoms with E-state index in [2.05, 4.69) is 0 Å². The number of carboxylic acid groups (broad SMARTS) is 1. The van der Waals surface area contributed by atoms with Gasteiger partial charge >= 0.3 is 5.97 Å². The van der Waals surface area contributed by atoms with E-state index < -0.39 is 28.6 Å². The van der Waals surface area contributed by atoms with Gasteiger partial charge in [-0.15, -0.1) is 0 Å². The largest absolute Gasteiger partial charge is 0.480 e. The molecule has 0 rings (SSSR count). The molecule has 8 heteroatoms. The molecule has 17 heavy (non-hydrogen) atoms. The normalized spacial score (nSPS) is 13.9. The molecule has 3 N–H and O–H groups in total. The molecule has 0 aliphatic rings. The third-order valence-electron chi connectivity index (χ3n) is 1.84. The molecule has 0 spiro atoms. The highest BCUT2D eigenvalue weighted by molar-refractivity contribution is 7.89. The third kappa shape index (κ3) is 8.08. The highest BCUT2D eigenvalue weighted by Gasteiger charge is 2.23. The molecule has 102 valence electrons. The van der Waals surface area contributed by atoms with Gasteiger partial charge in [0.2, 0.25) is 10.0 Å².